The number of hydrogen-bond acceptors (Lipinski definition) is 4. The van der Waals surface area contributed by atoms with E-state index in [-0.39, 0.29) is 29.8 Å². The molecule has 2 N–H and O–H groups in total. The van der Waals surface area contributed by atoms with E-state index in [1.807, 2.05) is 23.1 Å². The van der Waals surface area contributed by atoms with Gasteiger partial charge in [0.15, 0.2) is 0 Å². The number of nitrogens with zero attached hydrogens (tertiary/aromatic N) is 2. The van der Waals surface area contributed by atoms with E-state index in [0.717, 1.165) is 0 Å². The Morgan fingerprint density at radius 2 is 1.95 bits per heavy atom. The summed E-state index contributed by atoms with van der Waals surface area (Å²) in [5, 5.41) is 0. The number of hydrogen-bond donors (Lipinski definition) is 1. The minimum absolute atomic E-state index is 0.0357. The van der Waals surface area contributed by atoms with Crippen LogP contribution in [0.1, 0.15) is 18.4 Å². The lowest BCUT2D eigenvalue weighted by molar-refractivity contribution is -0.141. The summed E-state index contributed by atoms with van der Waals surface area (Å²) in [5.74, 6) is 1.46. The van der Waals surface area contributed by atoms with Gasteiger partial charge < -0.3 is 15.5 Å². The van der Waals surface area contributed by atoms with Crippen molar-refractivity contribution < 1.29 is 9.59 Å². The van der Waals surface area contributed by atoms with E-state index in [0.29, 0.717) is 24.7 Å². The van der Waals surface area contributed by atoms with Crippen molar-refractivity contribution in [3.8, 4) is 0 Å². The van der Waals surface area contributed by atoms with Crippen LogP contribution in [0.5, 0.6) is 0 Å². The maximum absolute atomic E-state index is 12.7. The topological polar surface area (TPSA) is 66.6 Å². The van der Waals surface area contributed by atoms with Gasteiger partial charge >= 0.3 is 0 Å². The normalized spacial score (nSPS) is 28.2. The van der Waals surface area contributed by atoms with Crippen molar-refractivity contribution in [2.75, 3.05) is 24.7 Å². The molecule has 2 aliphatic heterocycles. The van der Waals surface area contributed by atoms with Crippen LogP contribution in [-0.4, -0.2) is 58.4 Å². The highest BCUT2D eigenvalue weighted by Gasteiger charge is 2.40. The Labute approximate surface area is 134 Å². The van der Waals surface area contributed by atoms with Gasteiger partial charge in [0, 0.05) is 37.7 Å². The van der Waals surface area contributed by atoms with Crippen LogP contribution >= 0.6 is 11.8 Å². The Hall–Kier alpha value is -1.53. The molecule has 0 aromatic heterocycles. The van der Waals surface area contributed by atoms with Gasteiger partial charge in [-0.05, 0) is 5.56 Å². The van der Waals surface area contributed by atoms with Crippen molar-refractivity contribution in [3.05, 3.63) is 35.9 Å². The molecule has 1 aromatic carbocycles. The predicted molar refractivity (Wildman–Crippen MR) is 87.4 cm³/mol. The second-order valence-electron chi connectivity index (χ2n) is 5.93. The van der Waals surface area contributed by atoms with Crippen LogP contribution in [0.15, 0.2) is 30.3 Å². The molecular weight excluding hydrogens is 298 g/mol. The van der Waals surface area contributed by atoms with Crippen LogP contribution in [0.3, 0.4) is 0 Å². The Bertz CT molecular complexity index is 566. The zero-order chi connectivity index (χ0) is 15.7. The number of benzene rings is 1. The number of rotatable bonds is 2. The average molecular weight is 319 g/mol. The summed E-state index contributed by atoms with van der Waals surface area (Å²) in [7, 11) is 0. The summed E-state index contributed by atoms with van der Waals surface area (Å²) in [6.07, 6.45) is 0. The zero-order valence-electron chi connectivity index (χ0n) is 12.6. The van der Waals surface area contributed by atoms with Crippen LogP contribution in [0.25, 0.3) is 0 Å². The van der Waals surface area contributed by atoms with Crippen LogP contribution in [0.4, 0.5) is 0 Å². The van der Waals surface area contributed by atoms with Gasteiger partial charge in [0.25, 0.3) is 0 Å². The maximum Gasteiger partial charge on any atom is 0.246 e. The standard InChI is InChI=1S/C16H21N3O2S/c1-11(20)19-10-22-9-15(19)16(21)18-7-13(14(17)8-18)12-5-3-2-4-6-12/h2-6,13-15H,7-10,17H2,1H3/t13-,14+,15?/m0/s1. The molecule has 3 atom stereocenters. The molecule has 22 heavy (non-hydrogen) atoms. The zero-order valence-corrected chi connectivity index (χ0v) is 13.5. The number of nitrogens with two attached hydrogens (primary N) is 1. The van der Waals surface area contributed by atoms with Crippen molar-refractivity contribution in [2.45, 2.75) is 24.9 Å². The van der Waals surface area contributed by atoms with E-state index in [1.165, 1.54) is 12.5 Å². The van der Waals surface area contributed by atoms with E-state index in [1.54, 1.807) is 16.7 Å². The molecular formula is C16H21N3O2S. The molecule has 2 amide bonds. The third-order valence-corrected chi connectivity index (χ3v) is 5.49. The first-order valence-corrected chi connectivity index (χ1v) is 8.67. The van der Waals surface area contributed by atoms with Gasteiger partial charge in [-0.25, -0.2) is 0 Å². The number of thioether (sulfide) groups is 1. The smallest absolute Gasteiger partial charge is 0.246 e. The summed E-state index contributed by atoms with van der Waals surface area (Å²) >= 11 is 1.63. The van der Waals surface area contributed by atoms with E-state index in [4.69, 9.17) is 5.73 Å². The molecule has 2 fully saturated rings. The van der Waals surface area contributed by atoms with Crippen molar-refractivity contribution in [3.63, 3.8) is 0 Å². The fourth-order valence-corrected chi connectivity index (χ4v) is 4.44. The number of carbonyl (C=O) groups is 2. The highest BCUT2D eigenvalue weighted by Crippen LogP contribution is 2.29. The van der Waals surface area contributed by atoms with Gasteiger partial charge in [0.1, 0.15) is 6.04 Å². The molecule has 0 aliphatic carbocycles. The maximum atomic E-state index is 12.7. The van der Waals surface area contributed by atoms with Crippen molar-refractivity contribution in [1.82, 2.24) is 9.80 Å². The molecule has 0 spiro atoms. The third kappa shape index (κ3) is 2.85. The molecule has 118 valence electrons. The Balaban J connectivity index is 1.71. The Kier molecular flexibility index (Phi) is 4.40. The molecule has 0 radical (unpaired) electrons. The van der Waals surface area contributed by atoms with Gasteiger partial charge in [-0.3, -0.25) is 9.59 Å². The fourth-order valence-electron chi connectivity index (χ4n) is 3.23. The van der Waals surface area contributed by atoms with Gasteiger partial charge in [-0.2, -0.15) is 0 Å². The van der Waals surface area contributed by atoms with Crippen LogP contribution < -0.4 is 5.73 Å². The minimum atomic E-state index is -0.329. The summed E-state index contributed by atoms with van der Waals surface area (Å²) in [6, 6.07) is 9.72. The lowest BCUT2D eigenvalue weighted by Crippen LogP contribution is -2.48. The lowest BCUT2D eigenvalue weighted by atomic mass is 9.95. The number of carbonyl (C=O) groups excluding carboxylic acids is 2. The third-order valence-electron chi connectivity index (χ3n) is 4.48. The Morgan fingerprint density at radius 1 is 1.23 bits per heavy atom. The highest BCUT2D eigenvalue weighted by molar-refractivity contribution is 7.99. The molecule has 1 unspecified atom stereocenters. The molecule has 2 saturated heterocycles. The van der Waals surface area contributed by atoms with E-state index >= 15 is 0 Å². The van der Waals surface area contributed by atoms with Crippen LogP contribution in [0.2, 0.25) is 0 Å². The van der Waals surface area contributed by atoms with Crippen molar-refractivity contribution >= 4 is 23.6 Å². The summed E-state index contributed by atoms with van der Waals surface area (Å²) in [4.78, 5) is 27.9. The van der Waals surface area contributed by atoms with Gasteiger partial charge in [-0.15, -0.1) is 11.8 Å². The van der Waals surface area contributed by atoms with E-state index in [2.05, 4.69) is 12.1 Å². The second kappa shape index (κ2) is 6.30. The van der Waals surface area contributed by atoms with E-state index in [9.17, 15) is 9.59 Å². The monoisotopic (exact) mass is 319 g/mol. The van der Waals surface area contributed by atoms with E-state index < -0.39 is 0 Å². The molecule has 3 rings (SSSR count). The van der Waals surface area contributed by atoms with Gasteiger partial charge in [-0.1, -0.05) is 30.3 Å². The first kappa shape index (κ1) is 15.4. The summed E-state index contributed by atoms with van der Waals surface area (Å²) in [6.45, 7) is 2.72. The Morgan fingerprint density at radius 3 is 2.64 bits per heavy atom. The molecule has 0 saturated carbocycles. The average Bonchev–Trinajstić information content (AvgIpc) is 3.14. The van der Waals surface area contributed by atoms with Gasteiger partial charge in [0.05, 0.1) is 5.88 Å². The number of amides is 2. The molecule has 5 nitrogen and oxygen atoms in total. The number of likely N-dealkylation sites (tertiary alicyclic amines) is 1. The first-order chi connectivity index (χ1) is 10.6. The van der Waals surface area contributed by atoms with Gasteiger partial charge in [0.2, 0.25) is 11.8 Å². The van der Waals surface area contributed by atoms with Crippen molar-refractivity contribution in [1.29, 1.82) is 0 Å². The molecule has 2 aliphatic rings. The molecule has 1 aromatic rings. The second-order valence-corrected chi connectivity index (χ2v) is 6.93. The highest BCUT2D eigenvalue weighted by atomic mass is 32.2. The minimum Gasteiger partial charge on any atom is -0.339 e. The SMILES string of the molecule is CC(=O)N1CSCC1C(=O)N1C[C@@H](N)[C@H](c2ccccc2)C1. The van der Waals surface area contributed by atoms with Crippen LogP contribution in [-0.2, 0) is 9.59 Å². The van der Waals surface area contributed by atoms with Crippen molar-refractivity contribution in [2.24, 2.45) is 5.73 Å². The molecule has 6 heteroatoms. The molecule has 2 heterocycles. The molecule has 0 bridgehead atoms. The summed E-state index contributed by atoms with van der Waals surface area (Å²) < 4.78 is 0. The fraction of sp³-hybridized carbons (Fsp3) is 0.500. The quantitative estimate of drug-likeness (QED) is 0.878. The predicted octanol–water partition coefficient (Wildman–Crippen LogP) is 0.861. The largest absolute Gasteiger partial charge is 0.339 e. The van der Waals surface area contributed by atoms with Crippen LogP contribution in [0, 0.1) is 0 Å². The summed E-state index contributed by atoms with van der Waals surface area (Å²) in [5.41, 5.74) is 7.43. The lowest BCUT2D eigenvalue weighted by Gasteiger charge is -2.26. The first-order valence-electron chi connectivity index (χ1n) is 7.52.